The summed E-state index contributed by atoms with van der Waals surface area (Å²) >= 11 is 0. The number of halogens is 1. The van der Waals surface area contributed by atoms with Gasteiger partial charge in [0.1, 0.15) is 5.82 Å². The molecule has 2 aromatic rings. The highest BCUT2D eigenvalue weighted by atomic mass is 32.2. The molecule has 2 aliphatic rings. The summed E-state index contributed by atoms with van der Waals surface area (Å²) in [5, 5.41) is 11.4. The summed E-state index contributed by atoms with van der Waals surface area (Å²) in [4.78, 5) is 15.4. The van der Waals surface area contributed by atoms with Crippen LogP contribution < -0.4 is 10.6 Å². The number of sulfone groups is 1. The summed E-state index contributed by atoms with van der Waals surface area (Å²) in [6.45, 7) is 5.76. The molecule has 0 aromatic heterocycles. The second kappa shape index (κ2) is 10.2. The molecule has 2 aromatic carbocycles. The Morgan fingerprint density at radius 3 is 2.49 bits per heavy atom. The molecule has 9 heteroatoms. The predicted molar refractivity (Wildman–Crippen MR) is 135 cm³/mol. The summed E-state index contributed by atoms with van der Waals surface area (Å²) < 4.78 is 40.5. The zero-order chi connectivity index (χ0) is 25.3. The van der Waals surface area contributed by atoms with E-state index in [9.17, 15) is 22.7 Å². The van der Waals surface area contributed by atoms with Gasteiger partial charge in [-0.05, 0) is 35.6 Å². The first-order chi connectivity index (χ1) is 16.5. The summed E-state index contributed by atoms with van der Waals surface area (Å²) in [7, 11) is -3.44. The van der Waals surface area contributed by atoms with Gasteiger partial charge in [-0.1, -0.05) is 44.2 Å². The van der Waals surface area contributed by atoms with Crippen LogP contribution in [-0.2, 0) is 27.6 Å². The van der Waals surface area contributed by atoms with Crippen molar-refractivity contribution in [3.63, 3.8) is 0 Å². The van der Waals surface area contributed by atoms with Crippen LogP contribution in [-0.4, -0.2) is 61.1 Å². The van der Waals surface area contributed by atoms with Gasteiger partial charge in [-0.25, -0.2) is 12.8 Å². The van der Waals surface area contributed by atoms with Crippen LogP contribution in [0.3, 0.4) is 0 Å². The van der Waals surface area contributed by atoms with Crippen molar-refractivity contribution in [3.05, 3.63) is 59.4 Å². The van der Waals surface area contributed by atoms with Crippen LogP contribution in [0.15, 0.2) is 42.5 Å². The van der Waals surface area contributed by atoms with Gasteiger partial charge in [-0.3, -0.25) is 9.69 Å². The topological polar surface area (TPSA) is 104 Å². The van der Waals surface area contributed by atoms with E-state index in [1.807, 2.05) is 30.3 Å². The van der Waals surface area contributed by atoms with Gasteiger partial charge in [0.2, 0.25) is 5.91 Å². The minimum atomic E-state index is -3.44. The van der Waals surface area contributed by atoms with E-state index in [2.05, 4.69) is 18.7 Å². The molecule has 0 bridgehead atoms. The molecule has 1 amide bonds. The average molecular weight is 504 g/mol. The minimum Gasteiger partial charge on any atom is -0.395 e. The van der Waals surface area contributed by atoms with E-state index in [1.165, 1.54) is 11.0 Å². The van der Waals surface area contributed by atoms with E-state index >= 15 is 0 Å². The van der Waals surface area contributed by atoms with E-state index in [0.717, 1.165) is 5.56 Å². The van der Waals surface area contributed by atoms with Crippen LogP contribution in [0.4, 0.5) is 15.8 Å². The third kappa shape index (κ3) is 5.85. The molecule has 2 saturated heterocycles. The molecular formula is C26H34FN3O4S. The lowest BCUT2D eigenvalue weighted by Gasteiger charge is -2.42. The lowest BCUT2D eigenvalue weighted by atomic mass is 9.89. The molecule has 2 aliphatic heterocycles. The molecule has 190 valence electrons. The summed E-state index contributed by atoms with van der Waals surface area (Å²) in [5.41, 5.74) is 7.67. The second-order valence-corrected chi connectivity index (χ2v) is 12.4. The van der Waals surface area contributed by atoms with Crippen LogP contribution in [0.5, 0.6) is 0 Å². The Balaban J connectivity index is 1.60. The van der Waals surface area contributed by atoms with Crippen LogP contribution in [0.25, 0.3) is 0 Å². The lowest BCUT2D eigenvalue weighted by Crippen LogP contribution is -2.56. The molecule has 0 spiro atoms. The molecule has 0 radical (unpaired) electrons. The number of amides is 1. The molecule has 2 fully saturated rings. The normalized spacial score (nSPS) is 24.1. The molecule has 3 N–H and O–H groups in total. The molecule has 3 atom stereocenters. The zero-order valence-corrected chi connectivity index (χ0v) is 21.0. The maximum absolute atomic E-state index is 14.6. The number of β-lactam (4-membered cyclic amide) rings is 1. The second-order valence-electron chi connectivity index (χ2n) is 10.2. The van der Waals surface area contributed by atoms with E-state index in [-0.39, 0.29) is 35.4 Å². The fourth-order valence-corrected chi connectivity index (χ4v) is 7.17. The van der Waals surface area contributed by atoms with Crippen LogP contribution in [0.2, 0.25) is 0 Å². The van der Waals surface area contributed by atoms with Gasteiger partial charge in [0.25, 0.3) is 0 Å². The first-order valence-electron chi connectivity index (χ1n) is 12.1. The maximum atomic E-state index is 14.6. The van der Waals surface area contributed by atoms with Crippen molar-refractivity contribution in [1.29, 1.82) is 0 Å². The van der Waals surface area contributed by atoms with E-state index in [0.29, 0.717) is 37.3 Å². The van der Waals surface area contributed by atoms with Crippen LogP contribution in [0.1, 0.15) is 31.4 Å². The number of carbonyl (C=O) groups is 1. The lowest BCUT2D eigenvalue weighted by molar-refractivity contribution is -0.122. The highest BCUT2D eigenvalue weighted by molar-refractivity contribution is 7.91. The Labute approximate surface area is 206 Å². The number of carbonyl (C=O) groups excluding carboxylic acids is 1. The molecule has 2 heterocycles. The minimum absolute atomic E-state index is 0.0949. The predicted octanol–water partition coefficient (Wildman–Crippen LogP) is 2.62. The van der Waals surface area contributed by atoms with Crippen molar-refractivity contribution in [1.82, 2.24) is 4.90 Å². The fraction of sp³-hybridized carbons (Fsp3) is 0.500. The molecular weight excluding hydrogens is 469 g/mol. The van der Waals surface area contributed by atoms with E-state index in [1.54, 1.807) is 6.07 Å². The van der Waals surface area contributed by atoms with Gasteiger partial charge in [-0.2, -0.15) is 0 Å². The number of nitrogen functional groups attached to an aromatic ring is 1. The first-order valence-corrected chi connectivity index (χ1v) is 13.9. The van der Waals surface area contributed by atoms with Crippen molar-refractivity contribution in [3.8, 4) is 0 Å². The number of nitrogens with two attached hydrogens (primary N) is 1. The van der Waals surface area contributed by atoms with E-state index < -0.39 is 33.7 Å². The Morgan fingerprint density at radius 2 is 1.89 bits per heavy atom. The number of anilines is 2. The van der Waals surface area contributed by atoms with Crippen LogP contribution in [0, 0.1) is 17.7 Å². The average Bonchev–Trinajstić information content (AvgIpc) is 2.78. The number of nitrogens with zero attached hydrogens (tertiary/aromatic N) is 2. The summed E-state index contributed by atoms with van der Waals surface area (Å²) in [5.74, 6) is -1.39. The van der Waals surface area contributed by atoms with Crippen molar-refractivity contribution in [2.24, 2.45) is 11.8 Å². The number of aliphatic hydroxyl groups is 1. The Bertz CT molecular complexity index is 1170. The number of hydrogen-bond donors (Lipinski definition) is 2. The third-order valence-corrected chi connectivity index (χ3v) is 8.66. The standard InChI is InChI=1S/C26H34FN3O4S/c1-17(2)13-29(14-18-6-4-3-5-7-18)23-16-35(33,34)15-20(26(23)32)10-19-11-21(27)25(28)22(12-19)30-9-8-24(30)31/h3-7,11-12,17,20,23,26,32H,8-10,13-16,28H2,1-2H3. The van der Waals surface area contributed by atoms with Gasteiger partial charge in [0.05, 0.1) is 35.0 Å². The first kappa shape index (κ1) is 25.6. The van der Waals surface area contributed by atoms with Gasteiger partial charge >= 0.3 is 0 Å². The number of hydrogen-bond acceptors (Lipinski definition) is 6. The summed E-state index contributed by atoms with van der Waals surface area (Å²) in [6, 6.07) is 12.1. The maximum Gasteiger partial charge on any atom is 0.228 e. The molecule has 7 nitrogen and oxygen atoms in total. The van der Waals surface area contributed by atoms with Gasteiger partial charge in [0, 0.05) is 32.0 Å². The van der Waals surface area contributed by atoms with Gasteiger partial charge in [0.15, 0.2) is 9.84 Å². The van der Waals surface area contributed by atoms with Crippen molar-refractivity contribution in [2.75, 3.05) is 35.2 Å². The molecule has 3 unspecified atom stereocenters. The highest BCUT2D eigenvalue weighted by Crippen LogP contribution is 2.34. The Morgan fingerprint density at radius 1 is 1.17 bits per heavy atom. The van der Waals surface area contributed by atoms with Crippen molar-refractivity contribution >= 4 is 27.1 Å². The van der Waals surface area contributed by atoms with Gasteiger partial charge in [-0.15, -0.1) is 0 Å². The third-order valence-electron chi connectivity index (χ3n) is 6.87. The molecule has 4 rings (SSSR count). The number of rotatable bonds is 8. The SMILES string of the molecule is CC(C)CN(Cc1ccccc1)C1CS(=O)(=O)CC(Cc2cc(F)c(N)c(N3CCC3=O)c2)C1O. The zero-order valence-electron chi connectivity index (χ0n) is 20.2. The summed E-state index contributed by atoms with van der Waals surface area (Å²) in [6.07, 6.45) is -0.348. The largest absolute Gasteiger partial charge is 0.395 e. The van der Waals surface area contributed by atoms with E-state index in [4.69, 9.17) is 5.73 Å². The smallest absolute Gasteiger partial charge is 0.228 e. The Hall–Kier alpha value is -2.49. The molecule has 0 saturated carbocycles. The fourth-order valence-electron chi connectivity index (χ4n) is 5.14. The number of benzene rings is 2. The quantitative estimate of drug-likeness (QED) is 0.424. The molecule has 0 aliphatic carbocycles. The van der Waals surface area contributed by atoms with Crippen molar-refractivity contribution in [2.45, 2.75) is 45.4 Å². The number of aliphatic hydroxyl groups excluding tert-OH is 1. The monoisotopic (exact) mass is 503 g/mol. The van der Waals surface area contributed by atoms with Gasteiger partial charge < -0.3 is 15.7 Å². The highest BCUT2D eigenvalue weighted by Gasteiger charge is 2.42. The molecule has 35 heavy (non-hydrogen) atoms. The van der Waals surface area contributed by atoms with Crippen LogP contribution >= 0.6 is 0 Å². The Kier molecular flexibility index (Phi) is 7.49. The van der Waals surface area contributed by atoms with Crippen molar-refractivity contribution < 1.29 is 22.7 Å².